The Hall–Kier alpha value is -0.310. The fraction of sp³-hybridized carbons (Fsp3) is 0.727. The molecule has 0 unspecified atom stereocenters. The summed E-state index contributed by atoms with van der Waals surface area (Å²) in [6.45, 7) is 9.09. The van der Waals surface area contributed by atoms with Crippen LogP contribution in [0.15, 0.2) is 10.6 Å². The molecule has 0 aromatic carbocycles. The molecule has 0 N–H and O–H groups in total. The molecular weight excluding hydrogens is 242 g/mol. The normalized spacial score (nSPS) is 23.8. The van der Waals surface area contributed by atoms with E-state index >= 15 is 0 Å². The second-order valence-corrected chi connectivity index (χ2v) is 5.74. The van der Waals surface area contributed by atoms with Crippen molar-refractivity contribution in [3.05, 3.63) is 17.8 Å². The SMILES string of the molecule is CC1(C)C(c2ncc(CBr)o2)C1(C)C. The minimum Gasteiger partial charge on any atom is -0.445 e. The van der Waals surface area contributed by atoms with Gasteiger partial charge in [-0.25, -0.2) is 4.98 Å². The van der Waals surface area contributed by atoms with Crippen molar-refractivity contribution in [3.8, 4) is 0 Å². The molecule has 1 aliphatic rings. The average molecular weight is 258 g/mol. The maximum Gasteiger partial charge on any atom is 0.198 e. The smallest absolute Gasteiger partial charge is 0.198 e. The standard InChI is InChI=1S/C11H16BrNO/c1-10(2)8(11(10,3)4)9-13-6-7(5-12)14-9/h6,8H,5H2,1-4H3. The van der Waals surface area contributed by atoms with Crippen LogP contribution in [-0.4, -0.2) is 4.98 Å². The molecule has 1 saturated carbocycles. The van der Waals surface area contributed by atoms with Gasteiger partial charge in [0.2, 0.25) is 0 Å². The Balaban J connectivity index is 2.27. The van der Waals surface area contributed by atoms with Crippen molar-refractivity contribution in [2.24, 2.45) is 10.8 Å². The molecule has 2 rings (SSSR count). The summed E-state index contributed by atoms with van der Waals surface area (Å²) in [5.41, 5.74) is 0.614. The number of alkyl halides is 1. The molecule has 0 atom stereocenters. The highest BCUT2D eigenvalue weighted by Crippen LogP contribution is 2.73. The molecule has 1 fully saturated rings. The fourth-order valence-electron chi connectivity index (χ4n) is 2.33. The lowest BCUT2D eigenvalue weighted by Gasteiger charge is -2.03. The van der Waals surface area contributed by atoms with E-state index < -0.39 is 0 Å². The maximum atomic E-state index is 5.67. The van der Waals surface area contributed by atoms with Gasteiger partial charge in [0, 0.05) is 5.92 Å². The first kappa shape index (κ1) is 10.2. The van der Waals surface area contributed by atoms with Crippen LogP contribution < -0.4 is 0 Å². The summed E-state index contributed by atoms with van der Waals surface area (Å²) in [6, 6.07) is 0. The van der Waals surface area contributed by atoms with E-state index in [1.807, 2.05) is 6.20 Å². The largest absolute Gasteiger partial charge is 0.445 e. The molecule has 1 heterocycles. The van der Waals surface area contributed by atoms with Gasteiger partial charge >= 0.3 is 0 Å². The Morgan fingerprint density at radius 3 is 2.29 bits per heavy atom. The quantitative estimate of drug-likeness (QED) is 0.755. The van der Waals surface area contributed by atoms with Gasteiger partial charge in [0.1, 0.15) is 5.76 Å². The summed E-state index contributed by atoms with van der Waals surface area (Å²) >= 11 is 3.36. The molecule has 2 nitrogen and oxygen atoms in total. The fourth-order valence-corrected chi connectivity index (χ4v) is 2.59. The third-order valence-corrected chi connectivity index (χ3v) is 4.52. The number of hydrogen-bond donors (Lipinski definition) is 0. The van der Waals surface area contributed by atoms with Gasteiger partial charge in [-0.15, -0.1) is 0 Å². The highest BCUT2D eigenvalue weighted by molar-refractivity contribution is 9.08. The van der Waals surface area contributed by atoms with E-state index in [0.717, 1.165) is 17.0 Å². The zero-order valence-corrected chi connectivity index (χ0v) is 10.7. The van der Waals surface area contributed by atoms with Crippen molar-refractivity contribution in [1.29, 1.82) is 0 Å². The van der Waals surface area contributed by atoms with Crippen molar-refractivity contribution >= 4 is 15.9 Å². The first-order valence-corrected chi connectivity index (χ1v) is 6.04. The van der Waals surface area contributed by atoms with Crippen LogP contribution in [0.25, 0.3) is 0 Å². The van der Waals surface area contributed by atoms with E-state index in [9.17, 15) is 0 Å². The molecule has 14 heavy (non-hydrogen) atoms. The highest BCUT2D eigenvalue weighted by Gasteiger charge is 2.67. The van der Waals surface area contributed by atoms with Crippen molar-refractivity contribution in [2.45, 2.75) is 38.9 Å². The van der Waals surface area contributed by atoms with Crippen molar-refractivity contribution in [3.63, 3.8) is 0 Å². The topological polar surface area (TPSA) is 26.0 Å². The number of aromatic nitrogens is 1. The monoisotopic (exact) mass is 257 g/mol. The molecule has 0 radical (unpaired) electrons. The summed E-state index contributed by atoms with van der Waals surface area (Å²) in [4.78, 5) is 4.34. The number of nitrogens with zero attached hydrogens (tertiary/aromatic N) is 1. The van der Waals surface area contributed by atoms with Crippen molar-refractivity contribution in [2.75, 3.05) is 0 Å². The molecular formula is C11H16BrNO. The molecule has 0 aliphatic heterocycles. The summed E-state index contributed by atoms with van der Waals surface area (Å²) < 4.78 is 5.67. The summed E-state index contributed by atoms with van der Waals surface area (Å²) in [5, 5.41) is 0.744. The van der Waals surface area contributed by atoms with E-state index in [0.29, 0.717) is 16.7 Å². The van der Waals surface area contributed by atoms with Crippen molar-refractivity contribution < 1.29 is 4.42 Å². The van der Waals surface area contributed by atoms with E-state index in [-0.39, 0.29) is 0 Å². The van der Waals surface area contributed by atoms with Gasteiger partial charge < -0.3 is 4.42 Å². The third-order valence-electron chi connectivity index (χ3n) is 3.97. The lowest BCUT2D eigenvalue weighted by Crippen LogP contribution is -1.95. The predicted molar refractivity (Wildman–Crippen MR) is 59.4 cm³/mol. The zero-order chi connectivity index (χ0) is 10.6. The van der Waals surface area contributed by atoms with Crippen LogP contribution in [-0.2, 0) is 5.33 Å². The lowest BCUT2D eigenvalue weighted by molar-refractivity contribution is 0.447. The Kier molecular flexibility index (Phi) is 2.08. The second-order valence-electron chi connectivity index (χ2n) is 5.17. The van der Waals surface area contributed by atoms with Gasteiger partial charge in [0.25, 0.3) is 0 Å². The first-order valence-electron chi connectivity index (χ1n) is 4.92. The van der Waals surface area contributed by atoms with Crippen LogP contribution >= 0.6 is 15.9 Å². The summed E-state index contributed by atoms with van der Waals surface area (Å²) in [7, 11) is 0. The third kappa shape index (κ3) is 1.18. The molecule has 0 amide bonds. The molecule has 0 spiro atoms. The van der Waals surface area contributed by atoms with Crippen molar-refractivity contribution in [1.82, 2.24) is 4.98 Å². The van der Waals surface area contributed by atoms with E-state index in [2.05, 4.69) is 48.6 Å². The molecule has 3 heteroatoms. The van der Waals surface area contributed by atoms with E-state index in [1.54, 1.807) is 0 Å². The van der Waals surface area contributed by atoms with Crippen LogP contribution in [0.2, 0.25) is 0 Å². The number of rotatable bonds is 2. The van der Waals surface area contributed by atoms with Gasteiger partial charge in [-0.1, -0.05) is 43.6 Å². The Morgan fingerprint density at radius 2 is 1.93 bits per heavy atom. The van der Waals surface area contributed by atoms with Gasteiger partial charge in [-0.2, -0.15) is 0 Å². The molecule has 0 saturated heterocycles. The van der Waals surface area contributed by atoms with Crippen LogP contribution in [0.3, 0.4) is 0 Å². The number of hydrogen-bond acceptors (Lipinski definition) is 2. The minimum absolute atomic E-state index is 0.307. The Morgan fingerprint density at radius 1 is 1.36 bits per heavy atom. The van der Waals surface area contributed by atoms with Gasteiger partial charge in [-0.05, 0) is 10.8 Å². The Bertz CT molecular complexity index is 340. The van der Waals surface area contributed by atoms with Crippen LogP contribution in [0.1, 0.15) is 45.3 Å². The van der Waals surface area contributed by atoms with Crippen LogP contribution in [0.4, 0.5) is 0 Å². The van der Waals surface area contributed by atoms with Gasteiger partial charge in [-0.3, -0.25) is 0 Å². The van der Waals surface area contributed by atoms with Crippen LogP contribution in [0.5, 0.6) is 0 Å². The number of halogens is 1. The average Bonchev–Trinajstić information content (AvgIpc) is 2.51. The lowest BCUT2D eigenvalue weighted by atomic mass is 10.0. The summed E-state index contributed by atoms with van der Waals surface area (Å²) in [6.07, 6.45) is 1.81. The predicted octanol–water partition coefficient (Wildman–Crippen LogP) is 3.72. The van der Waals surface area contributed by atoms with Crippen LogP contribution in [0, 0.1) is 10.8 Å². The molecule has 1 aromatic heterocycles. The number of oxazole rings is 1. The molecule has 1 aromatic rings. The summed E-state index contributed by atoms with van der Waals surface area (Å²) in [5.74, 6) is 2.27. The Labute approximate surface area is 93.2 Å². The van der Waals surface area contributed by atoms with Gasteiger partial charge in [0.15, 0.2) is 5.89 Å². The molecule has 1 aliphatic carbocycles. The molecule has 78 valence electrons. The zero-order valence-electron chi connectivity index (χ0n) is 9.10. The second kappa shape index (κ2) is 2.84. The van der Waals surface area contributed by atoms with E-state index in [1.165, 1.54) is 0 Å². The maximum absolute atomic E-state index is 5.67. The minimum atomic E-state index is 0.307. The molecule has 0 bridgehead atoms. The highest BCUT2D eigenvalue weighted by atomic mass is 79.9. The van der Waals surface area contributed by atoms with Gasteiger partial charge in [0.05, 0.1) is 11.5 Å². The first-order chi connectivity index (χ1) is 6.41. The van der Waals surface area contributed by atoms with E-state index in [4.69, 9.17) is 4.42 Å².